The number of allylic oxidation sites excluding steroid dienone is 6. The van der Waals surface area contributed by atoms with Crippen LogP contribution >= 0.6 is 0 Å². The smallest absolute Gasteiger partial charge is 0.187 e. The van der Waals surface area contributed by atoms with Crippen LogP contribution in [-0.4, -0.2) is 152 Å². The van der Waals surface area contributed by atoms with Gasteiger partial charge >= 0.3 is 0 Å². The third-order valence-electron chi connectivity index (χ3n) is 9.08. The summed E-state index contributed by atoms with van der Waals surface area (Å²) in [5.74, 6) is 0. The molecule has 2 heterocycles. The van der Waals surface area contributed by atoms with Crippen molar-refractivity contribution in [2.75, 3.05) is 13.2 Å². The van der Waals surface area contributed by atoms with E-state index in [9.17, 15) is 40.9 Å². The van der Waals surface area contributed by atoms with Crippen LogP contribution < -0.4 is 11.5 Å². The fraction of sp³-hybridized carbons (Fsp3) is 0.788. The Hall–Kier alpha value is -1.67. The molecule has 2 aliphatic heterocycles. The van der Waals surface area contributed by atoms with Crippen molar-refractivity contribution in [1.29, 1.82) is 0 Å². The van der Waals surface area contributed by atoms with Crippen LogP contribution in [0.2, 0.25) is 0 Å². The molecule has 276 valence electrons. The van der Waals surface area contributed by atoms with Gasteiger partial charge in [0.2, 0.25) is 0 Å². The first kappa shape index (κ1) is 40.8. The molecule has 15 nitrogen and oxygen atoms in total. The lowest BCUT2D eigenvalue weighted by atomic mass is 9.84. The van der Waals surface area contributed by atoms with E-state index in [1.165, 1.54) is 17.4 Å². The van der Waals surface area contributed by atoms with E-state index in [4.69, 9.17) is 30.4 Å². The highest BCUT2D eigenvalue weighted by Gasteiger charge is 2.52. The molecule has 3 rings (SSSR count). The van der Waals surface area contributed by atoms with Gasteiger partial charge in [0.05, 0.1) is 13.2 Å². The van der Waals surface area contributed by atoms with Crippen molar-refractivity contribution < 1.29 is 59.8 Å². The van der Waals surface area contributed by atoms with Crippen molar-refractivity contribution in [1.82, 2.24) is 0 Å². The van der Waals surface area contributed by atoms with E-state index >= 15 is 0 Å². The molecule has 15 atom stereocenters. The Kier molecular flexibility index (Phi) is 16.2. The molecule has 15 unspecified atom stereocenters. The van der Waals surface area contributed by atoms with Crippen LogP contribution in [0.4, 0.5) is 0 Å². The second-order valence-corrected chi connectivity index (χ2v) is 13.4. The van der Waals surface area contributed by atoms with Crippen LogP contribution in [0.5, 0.6) is 0 Å². The molecular formula is C33H57N3O12. The summed E-state index contributed by atoms with van der Waals surface area (Å²) in [7, 11) is 0. The average molecular weight is 688 g/mol. The minimum absolute atomic E-state index is 0.0501. The third kappa shape index (κ3) is 10.7. The van der Waals surface area contributed by atoms with Crippen LogP contribution in [0.15, 0.2) is 39.9 Å². The van der Waals surface area contributed by atoms with Gasteiger partial charge in [-0.3, -0.25) is 4.99 Å². The van der Waals surface area contributed by atoms with Gasteiger partial charge in [0, 0.05) is 18.3 Å². The number of hydrogen-bond donors (Lipinski definition) is 10. The molecule has 12 N–H and O–H groups in total. The van der Waals surface area contributed by atoms with Crippen molar-refractivity contribution in [2.24, 2.45) is 16.5 Å². The number of nitrogens with two attached hydrogens (primary N) is 2. The summed E-state index contributed by atoms with van der Waals surface area (Å²) in [6, 6.07) is -2.92. The zero-order valence-electron chi connectivity index (χ0n) is 28.2. The quantitative estimate of drug-likeness (QED) is 0.0719. The number of aliphatic imine (C=N–C) groups is 1. The van der Waals surface area contributed by atoms with Crippen molar-refractivity contribution in [3.63, 3.8) is 0 Å². The van der Waals surface area contributed by atoms with E-state index in [2.05, 4.69) is 37.9 Å². The van der Waals surface area contributed by atoms with Gasteiger partial charge in [-0.1, -0.05) is 28.9 Å². The van der Waals surface area contributed by atoms with Gasteiger partial charge in [-0.25, -0.2) is 0 Å². The van der Waals surface area contributed by atoms with Gasteiger partial charge in [-0.2, -0.15) is 0 Å². The fourth-order valence-electron chi connectivity index (χ4n) is 6.07. The average Bonchev–Trinajstić information content (AvgIpc) is 3.03. The van der Waals surface area contributed by atoms with Crippen LogP contribution in [0.25, 0.3) is 0 Å². The number of ether oxygens (including phenoxy) is 4. The summed E-state index contributed by atoms with van der Waals surface area (Å²) in [5, 5.41) is 83.3. The van der Waals surface area contributed by atoms with Crippen molar-refractivity contribution in [3.05, 3.63) is 34.9 Å². The molecular weight excluding hydrogens is 630 g/mol. The summed E-state index contributed by atoms with van der Waals surface area (Å²) in [6.45, 7) is 6.95. The number of nitrogens with zero attached hydrogens (tertiary/aromatic N) is 1. The van der Waals surface area contributed by atoms with E-state index in [0.717, 1.165) is 31.3 Å². The van der Waals surface area contributed by atoms with Gasteiger partial charge < -0.3 is 71.3 Å². The second-order valence-electron chi connectivity index (χ2n) is 13.4. The Balaban J connectivity index is 1.67. The first-order valence-electron chi connectivity index (χ1n) is 16.6. The molecule has 15 heteroatoms. The normalized spacial score (nSPS) is 41.5. The molecule has 48 heavy (non-hydrogen) atoms. The zero-order valence-corrected chi connectivity index (χ0v) is 28.2. The lowest BCUT2D eigenvalue weighted by Gasteiger charge is -2.48. The first-order chi connectivity index (χ1) is 22.7. The van der Waals surface area contributed by atoms with E-state index < -0.39 is 105 Å². The first-order valence-corrected chi connectivity index (χ1v) is 16.6. The predicted octanol–water partition coefficient (Wildman–Crippen LogP) is -1.73. The lowest BCUT2D eigenvalue weighted by molar-refractivity contribution is -0.335. The largest absolute Gasteiger partial charge is 0.394 e. The number of aliphatic hydroxyl groups excluding tert-OH is 8. The summed E-state index contributed by atoms with van der Waals surface area (Å²) >= 11 is 0. The molecule has 2 saturated heterocycles. The summed E-state index contributed by atoms with van der Waals surface area (Å²) < 4.78 is 22.8. The van der Waals surface area contributed by atoms with Gasteiger partial charge in [0.15, 0.2) is 12.6 Å². The topological polar surface area (TPSA) is 263 Å². The molecule has 0 spiro atoms. The van der Waals surface area contributed by atoms with E-state index in [1.54, 1.807) is 6.08 Å². The van der Waals surface area contributed by atoms with Gasteiger partial charge in [0.25, 0.3) is 0 Å². The molecule has 1 aliphatic carbocycles. The van der Waals surface area contributed by atoms with E-state index in [1.807, 2.05) is 6.92 Å². The molecule has 0 radical (unpaired) electrons. The van der Waals surface area contributed by atoms with E-state index in [-0.39, 0.29) is 6.42 Å². The molecule has 3 aliphatic rings. The number of rotatable bonds is 14. The minimum atomic E-state index is -1.73. The molecule has 0 amide bonds. The Morgan fingerprint density at radius 3 is 1.77 bits per heavy atom. The summed E-state index contributed by atoms with van der Waals surface area (Å²) in [4.78, 5) is 4.36. The molecule has 0 aromatic heterocycles. The van der Waals surface area contributed by atoms with Crippen LogP contribution in [0.1, 0.15) is 59.8 Å². The maximum atomic E-state index is 11.3. The maximum absolute atomic E-state index is 11.3. The second kappa shape index (κ2) is 19.1. The van der Waals surface area contributed by atoms with E-state index in [0.29, 0.717) is 0 Å². The van der Waals surface area contributed by atoms with Gasteiger partial charge in [-0.15, -0.1) is 0 Å². The Labute approximate surface area is 282 Å². The zero-order chi connectivity index (χ0) is 35.7. The van der Waals surface area contributed by atoms with Crippen molar-refractivity contribution >= 4 is 6.21 Å². The minimum Gasteiger partial charge on any atom is -0.394 e. The summed E-state index contributed by atoms with van der Waals surface area (Å²) in [5.41, 5.74) is 16.2. The Morgan fingerprint density at radius 2 is 1.21 bits per heavy atom. The standard InChI is InChI=1S/C33H57N3O12/c1-16(2)7-5-8-17(3)9-6-10-18(4)11-12-36-23-24(39)21(14-37)45-32(26(23)41)47-30-19(34)13-20(35)31(29(30)44)48-33-28(43)27(42)25(40)22(15-38)46-33/h7,9,11-12,19-33,37-44H,5-6,8,10,13-15,34-35H2,1-4H3/b17-9+,18-11+,36-12+. The van der Waals surface area contributed by atoms with Gasteiger partial charge in [0.1, 0.15) is 67.1 Å². The van der Waals surface area contributed by atoms with Gasteiger partial charge in [-0.05, 0) is 65.9 Å². The number of aliphatic hydroxyl groups is 8. The van der Waals surface area contributed by atoms with Crippen LogP contribution in [0.3, 0.4) is 0 Å². The Bertz CT molecular complexity index is 1120. The highest BCUT2D eigenvalue weighted by atomic mass is 16.7. The molecule has 0 aromatic carbocycles. The highest BCUT2D eigenvalue weighted by Crippen LogP contribution is 2.32. The highest BCUT2D eigenvalue weighted by molar-refractivity contribution is 5.72. The Morgan fingerprint density at radius 1 is 0.688 bits per heavy atom. The van der Waals surface area contributed by atoms with Crippen molar-refractivity contribution in [3.8, 4) is 0 Å². The SMILES string of the molecule is CC(C)=CCC/C(C)=C/CC/C(C)=C/C=N/C1C(O)C(CO)OC(OC2C(N)CC(N)C(OC3OC(CO)C(O)C(O)C3O)C2O)C1O. The molecule has 0 bridgehead atoms. The summed E-state index contributed by atoms with van der Waals surface area (Å²) in [6.07, 6.45) is -6.10. The molecule has 3 fully saturated rings. The van der Waals surface area contributed by atoms with Crippen molar-refractivity contribution in [2.45, 2.75) is 152 Å². The third-order valence-corrected chi connectivity index (χ3v) is 9.08. The molecule has 1 saturated carbocycles. The molecule has 0 aromatic rings. The predicted molar refractivity (Wildman–Crippen MR) is 176 cm³/mol. The lowest BCUT2D eigenvalue weighted by Crippen LogP contribution is -2.67. The maximum Gasteiger partial charge on any atom is 0.187 e. The van der Waals surface area contributed by atoms with Crippen LogP contribution in [-0.2, 0) is 18.9 Å². The monoisotopic (exact) mass is 687 g/mol. The fourth-order valence-corrected chi connectivity index (χ4v) is 6.07. The number of hydrogen-bond acceptors (Lipinski definition) is 15. The van der Waals surface area contributed by atoms with Crippen LogP contribution in [0, 0.1) is 0 Å².